The number of Topliss-reactive ketones (excluding diaryl/α,β-unsaturated/α-hetero) is 1. The first-order valence-corrected chi connectivity index (χ1v) is 6.22. The van der Waals surface area contributed by atoms with Crippen LogP contribution in [0.4, 0.5) is 0 Å². The van der Waals surface area contributed by atoms with E-state index in [4.69, 9.17) is 5.73 Å². The van der Waals surface area contributed by atoms with Crippen LogP contribution in [0.5, 0.6) is 0 Å². The molecule has 0 saturated heterocycles. The highest BCUT2D eigenvalue weighted by atomic mass is 16.1. The van der Waals surface area contributed by atoms with E-state index in [1.807, 2.05) is 20.8 Å². The Morgan fingerprint density at radius 1 is 1.19 bits per heavy atom. The molecule has 0 heterocycles. The highest BCUT2D eigenvalue weighted by Gasteiger charge is 2.64. The topological polar surface area (TPSA) is 43.1 Å². The summed E-state index contributed by atoms with van der Waals surface area (Å²) in [6.07, 6.45) is 0.829. The van der Waals surface area contributed by atoms with E-state index in [1.165, 1.54) is 0 Å². The Bertz CT molecular complexity index is 282. The van der Waals surface area contributed by atoms with Gasteiger partial charge in [0.25, 0.3) is 0 Å². The molecule has 1 unspecified atom stereocenters. The minimum Gasteiger partial charge on any atom is -0.321 e. The zero-order valence-corrected chi connectivity index (χ0v) is 11.8. The molecule has 1 atom stereocenters. The van der Waals surface area contributed by atoms with E-state index in [-0.39, 0.29) is 17.2 Å². The Labute approximate surface area is 100.0 Å². The van der Waals surface area contributed by atoms with Crippen molar-refractivity contribution in [2.45, 2.75) is 60.9 Å². The van der Waals surface area contributed by atoms with Gasteiger partial charge in [-0.25, -0.2) is 0 Å². The van der Waals surface area contributed by atoms with Crippen molar-refractivity contribution >= 4 is 5.78 Å². The van der Waals surface area contributed by atoms with Gasteiger partial charge in [0.1, 0.15) is 0 Å². The maximum atomic E-state index is 12.0. The summed E-state index contributed by atoms with van der Waals surface area (Å²) in [7, 11) is 0. The normalized spacial score (nSPS) is 25.2. The van der Waals surface area contributed by atoms with Gasteiger partial charge in [-0.15, -0.1) is 0 Å². The number of carbonyl (C=O) groups is 1. The summed E-state index contributed by atoms with van der Waals surface area (Å²) >= 11 is 0. The molecule has 16 heavy (non-hydrogen) atoms. The molecule has 1 rings (SSSR count). The smallest absolute Gasteiger partial charge is 0.154 e. The minimum atomic E-state index is -0.317. The van der Waals surface area contributed by atoms with Crippen LogP contribution in [0.3, 0.4) is 0 Å². The third-order valence-electron chi connectivity index (χ3n) is 4.89. The van der Waals surface area contributed by atoms with Gasteiger partial charge in [0.2, 0.25) is 0 Å². The molecule has 1 aliphatic rings. The van der Waals surface area contributed by atoms with Gasteiger partial charge in [0.05, 0.1) is 6.04 Å². The zero-order valence-electron chi connectivity index (χ0n) is 11.8. The predicted octanol–water partition coefficient (Wildman–Crippen LogP) is 3.00. The van der Waals surface area contributed by atoms with Crippen molar-refractivity contribution in [2.75, 3.05) is 0 Å². The van der Waals surface area contributed by atoms with Crippen molar-refractivity contribution in [1.82, 2.24) is 0 Å². The van der Waals surface area contributed by atoms with Gasteiger partial charge in [-0.1, -0.05) is 48.5 Å². The number of nitrogens with two attached hydrogens (primary N) is 1. The van der Waals surface area contributed by atoms with Crippen LogP contribution >= 0.6 is 0 Å². The summed E-state index contributed by atoms with van der Waals surface area (Å²) in [5.41, 5.74) is 6.36. The van der Waals surface area contributed by atoms with Crippen LogP contribution in [-0.2, 0) is 4.79 Å². The summed E-state index contributed by atoms with van der Waals surface area (Å²) in [5, 5.41) is 0. The third-order valence-corrected chi connectivity index (χ3v) is 4.89. The molecule has 2 N–H and O–H groups in total. The Kier molecular flexibility index (Phi) is 3.05. The van der Waals surface area contributed by atoms with Crippen LogP contribution in [0.25, 0.3) is 0 Å². The van der Waals surface area contributed by atoms with Gasteiger partial charge in [-0.2, -0.15) is 0 Å². The van der Waals surface area contributed by atoms with Crippen molar-refractivity contribution in [3.8, 4) is 0 Å². The van der Waals surface area contributed by atoms with Gasteiger partial charge in [0, 0.05) is 5.41 Å². The van der Waals surface area contributed by atoms with E-state index in [9.17, 15) is 4.79 Å². The van der Waals surface area contributed by atoms with Gasteiger partial charge < -0.3 is 5.73 Å². The van der Waals surface area contributed by atoms with E-state index in [1.54, 1.807) is 0 Å². The molecule has 0 aliphatic heterocycles. The maximum absolute atomic E-state index is 12.0. The number of hydrogen-bond acceptors (Lipinski definition) is 2. The first-order valence-electron chi connectivity index (χ1n) is 6.22. The average Bonchev–Trinajstić information content (AvgIpc) is 2.45. The summed E-state index contributed by atoms with van der Waals surface area (Å²) < 4.78 is 0. The molecule has 0 bridgehead atoms. The second-order valence-electron chi connectivity index (χ2n) is 7.45. The average molecular weight is 225 g/mol. The molecule has 94 valence electrons. The fourth-order valence-corrected chi connectivity index (χ4v) is 2.84. The number of rotatable bonds is 3. The molecule has 0 aromatic heterocycles. The lowest BCUT2D eigenvalue weighted by Crippen LogP contribution is -2.39. The van der Waals surface area contributed by atoms with Gasteiger partial charge in [0.15, 0.2) is 5.78 Å². The Morgan fingerprint density at radius 2 is 1.56 bits per heavy atom. The van der Waals surface area contributed by atoms with Crippen molar-refractivity contribution < 1.29 is 4.79 Å². The van der Waals surface area contributed by atoms with Crippen LogP contribution < -0.4 is 5.73 Å². The van der Waals surface area contributed by atoms with Gasteiger partial charge in [-0.3, -0.25) is 4.79 Å². The van der Waals surface area contributed by atoms with Gasteiger partial charge >= 0.3 is 0 Å². The second-order valence-corrected chi connectivity index (χ2v) is 7.45. The van der Waals surface area contributed by atoms with Crippen LogP contribution in [0.2, 0.25) is 0 Å². The van der Waals surface area contributed by atoms with E-state index in [0.717, 1.165) is 6.42 Å². The van der Waals surface area contributed by atoms with E-state index >= 15 is 0 Å². The molecule has 1 fully saturated rings. The lowest BCUT2D eigenvalue weighted by molar-refractivity contribution is -0.127. The third kappa shape index (κ3) is 2.04. The number of carbonyl (C=O) groups excluding carboxylic acids is 1. The second kappa shape index (κ2) is 3.56. The Balaban J connectivity index is 2.62. The standard InChI is InChI=1S/C14H27NO/c1-12(2,3)11(16)9(15)8-10-13(4,5)14(10,6)7/h9-10H,8,15H2,1-7H3. The highest BCUT2D eigenvalue weighted by Crippen LogP contribution is 2.69. The van der Waals surface area contributed by atoms with E-state index < -0.39 is 0 Å². The minimum absolute atomic E-state index is 0.186. The fraction of sp³-hybridized carbons (Fsp3) is 0.929. The summed E-state index contributed by atoms with van der Waals surface area (Å²) in [5.74, 6) is 0.757. The molecular formula is C14H27NO. The Morgan fingerprint density at radius 3 is 1.81 bits per heavy atom. The van der Waals surface area contributed by atoms with Crippen LogP contribution in [0, 0.1) is 22.2 Å². The molecule has 0 aromatic carbocycles. The molecule has 1 saturated carbocycles. The molecule has 0 spiro atoms. The molecule has 0 amide bonds. The number of hydrogen-bond donors (Lipinski definition) is 1. The Hall–Kier alpha value is -0.370. The van der Waals surface area contributed by atoms with Crippen LogP contribution in [-0.4, -0.2) is 11.8 Å². The van der Waals surface area contributed by atoms with Gasteiger partial charge in [-0.05, 0) is 23.2 Å². The summed E-state index contributed by atoms with van der Waals surface area (Å²) in [4.78, 5) is 12.0. The van der Waals surface area contributed by atoms with Crippen molar-refractivity contribution in [3.05, 3.63) is 0 Å². The van der Waals surface area contributed by atoms with Crippen molar-refractivity contribution in [3.63, 3.8) is 0 Å². The van der Waals surface area contributed by atoms with Crippen LogP contribution in [0.1, 0.15) is 54.9 Å². The molecule has 0 aromatic rings. The monoisotopic (exact) mass is 225 g/mol. The van der Waals surface area contributed by atoms with E-state index in [2.05, 4.69) is 27.7 Å². The summed E-state index contributed by atoms with van der Waals surface area (Å²) in [6.45, 7) is 14.9. The summed E-state index contributed by atoms with van der Waals surface area (Å²) in [6, 6.07) is -0.300. The molecule has 1 aliphatic carbocycles. The van der Waals surface area contributed by atoms with E-state index in [0.29, 0.717) is 16.7 Å². The molecule has 2 nitrogen and oxygen atoms in total. The van der Waals surface area contributed by atoms with Crippen LogP contribution in [0.15, 0.2) is 0 Å². The fourth-order valence-electron chi connectivity index (χ4n) is 2.84. The first-order chi connectivity index (χ1) is 6.92. The molecule has 0 radical (unpaired) electrons. The molecular weight excluding hydrogens is 198 g/mol. The quantitative estimate of drug-likeness (QED) is 0.802. The highest BCUT2D eigenvalue weighted by molar-refractivity contribution is 5.88. The lowest BCUT2D eigenvalue weighted by atomic mass is 9.84. The van der Waals surface area contributed by atoms with Crippen molar-refractivity contribution in [1.29, 1.82) is 0 Å². The molecule has 2 heteroatoms. The largest absolute Gasteiger partial charge is 0.321 e. The first kappa shape index (κ1) is 13.7. The SMILES string of the molecule is CC(C)(C)C(=O)C(N)CC1C(C)(C)C1(C)C. The number of ketones is 1. The van der Waals surface area contributed by atoms with Crippen molar-refractivity contribution in [2.24, 2.45) is 27.9 Å². The lowest BCUT2D eigenvalue weighted by Gasteiger charge is -2.22. The zero-order chi connectivity index (χ0) is 12.9. The maximum Gasteiger partial charge on any atom is 0.154 e. The predicted molar refractivity (Wildman–Crippen MR) is 68.1 cm³/mol.